The predicted molar refractivity (Wildman–Crippen MR) is 77.4 cm³/mol. The molecule has 2 rings (SSSR count). The molecule has 100 valence electrons. The van der Waals surface area contributed by atoms with Crippen LogP contribution >= 0.6 is 0 Å². The maximum absolute atomic E-state index is 5.85. The molecule has 0 saturated carbocycles. The quantitative estimate of drug-likeness (QED) is 0.898. The Kier molecular flexibility index (Phi) is 4.17. The van der Waals surface area contributed by atoms with Gasteiger partial charge in [-0.15, -0.1) is 0 Å². The molecule has 0 aliphatic carbocycles. The van der Waals surface area contributed by atoms with Crippen LogP contribution in [0.1, 0.15) is 43.9 Å². The molecule has 1 heterocycles. The standard InChI is InChI=1S/C16H20N2O/c1-11(2)13-4-6-15(7-5-13)19-16-10-14(12(3)17)8-9-18-16/h4-12H,17H2,1-3H3/t12-/m1/s1. The lowest BCUT2D eigenvalue weighted by Crippen LogP contribution is -2.05. The highest BCUT2D eigenvalue weighted by Gasteiger charge is 2.04. The van der Waals surface area contributed by atoms with Gasteiger partial charge in [0, 0.05) is 18.3 Å². The summed E-state index contributed by atoms with van der Waals surface area (Å²) in [6, 6.07) is 11.9. The van der Waals surface area contributed by atoms with E-state index < -0.39 is 0 Å². The highest BCUT2D eigenvalue weighted by atomic mass is 16.5. The molecule has 0 aliphatic heterocycles. The van der Waals surface area contributed by atoms with Crippen molar-refractivity contribution in [3.05, 3.63) is 53.7 Å². The molecule has 19 heavy (non-hydrogen) atoms. The van der Waals surface area contributed by atoms with E-state index >= 15 is 0 Å². The van der Waals surface area contributed by atoms with Crippen LogP contribution in [0.2, 0.25) is 0 Å². The third-order valence-electron chi connectivity index (χ3n) is 3.05. The largest absolute Gasteiger partial charge is 0.439 e. The summed E-state index contributed by atoms with van der Waals surface area (Å²) in [6.07, 6.45) is 1.72. The Labute approximate surface area is 114 Å². The van der Waals surface area contributed by atoms with Crippen molar-refractivity contribution in [2.75, 3.05) is 0 Å². The van der Waals surface area contributed by atoms with Crippen LogP contribution in [-0.4, -0.2) is 4.98 Å². The number of nitrogens with two attached hydrogens (primary N) is 1. The average Bonchev–Trinajstić information content (AvgIpc) is 2.39. The second-order valence-electron chi connectivity index (χ2n) is 5.04. The van der Waals surface area contributed by atoms with Crippen LogP contribution in [0.3, 0.4) is 0 Å². The Balaban J connectivity index is 2.14. The summed E-state index contributed by atoms with van der Waals surface area (Å²) >= 11 is 0. The molecule has 2 aromatic rings. The minimum atomic E-state index is -0.0198. The SMILES string of the molecule is CC(C)c1ccc(Oc2cc([C@@H](C)N)ccn2)cc1. The Morgan fingerprint density at radius 3 is 2.26 bits per heavy atom. The van der Waals surface area contributed by atoms with E-state index in [0.717, 1.165) is 11.3 Å². The van der Waals surface area contributed by atoms with Gasteiger partial charge in [0.05, 0.1) is 0 Å². The first-order valence-corrected chi connectivity index (χ1v) is 6.55. The van der Waals surface area contributed by atoms with Crippen LogP contribution in [0.5, 0.6) is 11.6 Å². The molecular formula is C16H20N2O. The van der Waals surface area contributed by atoms with Crippen LogP contribution in [0, 0.1) is 0 Å². The van der Waals surface area contributed by atoms with Crippen LogP contribution in [-0.2, 0) is 0 Å². The molecule has 0 spiro atoms. The minimum absolute atomic E-state index is 0.0198. The first-order chi connectivity index (χ1) is 9.06. The van der Waals surface area contributed by atoms with Gasteiger partial charge in [0.15, 0.2) is 0 Å². The molecule has 0 fully saturated rings. The molecular weight excluding hydrogens is 236 g/mol. The smallest absolute Gasteiger partial charge is 0.219 e. The lowest BCUT2D eigenvalue weighted by Gasteiger charge is -2.10. The van der Waals surface area contributed by atoms with Gasteiger partial charge in [0.25, 0.3) is 0 Å². The number of ether oxygens (including phenoxy) is 1. The van der Waals surface area contributed by atoms with E-state index in [0.29, 0.717) is 11.8 Å². The number of aromatic nitrogens is 1. The van der Waals surface area contributed by atoms with E-state index in [1.165, 1.54) is 5.56 Å². The van der Waals surface area contributed by atoms with Crippen LogP contribution < -0.4 is 10.5 Å². The molecule has 2 N–H and O–H groups in total. The number of hydrogen-bond acceptors (Lipinski definition) is 3. The molecule has 0 aliphatic rings. The zero-order valence-corrected chi connectivity index (χ0v) is 11.6. The Hall–Kier alpha value is -1.87. The van der Waals surface area contributed by atoms with Crippen molar-refractivity contribution in [2.45, 2.75) is 32.7 Å². The highest BCUT2D eigenvalue weighted by molar-refractivity contribution is 5.33. The highest BCUT2D eigenvalue weighted by Crippen LogP contribution is 2.24. The lowest BCUT2D eigenvalue weighted by atomic mass is 10.0. The third-order valence-corrected chi connectivity index (χ3v) is 3.05. The van der Waals surface area contributed by atoms with Gasteiger partial charge < -0.3 is 10.5 Å². The van der Waals surface area contributed by atoms with Gasteiger partial charge in [-0.05, 0) is 42.2 Å². The number of pyridine rings is 1. The van der Waals surface area contributed by atoms with Gasteiger partial charge in [-0.3, -0.25) is 0 Å². The maximum Gasteiger partial charge on any atom is 0.219 e. The molecule has 0 bridgehead atoms. The Bertz CT molecular complexity index is 533. The first-order valence-electron chi connectivity index (χ1n) is 6.55. The normalized spacial score (nSPS) is 12.5. The lowest BCUT2D eigenvalue weighted by molar-refractivity contribution is 0.461. The molecule has 3 nitrogen and oxygen atoms in total. The summed E-state index contributed by atoms with van der Waals surface area (Å²) in [4.78, 5) is 4.20. The predicted octanol–water partition coefficient (Wildman–Crippen LogP) is 4.02. The van der Waals surface area contributed by atoms with Crippen molar-refractivity contribution in [2.24, 2.45) is 5.73 Å². The summed E-state index contributed by atoms with van der Waals surface area (Å²) in [5, 5.41) is 0. The molecule has 1 atom stereocenters. The molecule has 1 aromatic heterocycles. The van der Waals surface area contributed by atoms with Crippen molar-refractivity contribution in [3.63, 3.8) is 0 Å². The minimum Gasteiger partial charge on any atom is -0.439 e. The van der Waals surface area contributed by atoms with Gasteiger partial charge in [0.1, 0.15) is 5.75 Å². The van der Waals surface area contributed by atoms with Crippen molar-refractivity contribution in [3.8, 4) is 11.6 Å². The average molecular weight is 256 g/mol. The fourth-order valence-corrected chi connectivity index (χ4v) is 1.81. The number of benzene rings is 1. The van der Waals surface area contributed by atoms with Crippen molar-refractivity contribution in [1.82, 2.24) is 4.98 Å². The monoisotopic (exact) mass is 256 g/mol. The number of rotatable bonds is 4. The van der Waals surface area contributed by atoms with Crippen molar-refractivity contribution >= 4 is 0 Å². The second kappa shape index (κ2) is 5.85. The molecule has 0 unspecified atom stereocenters. The fourth-order valence-electron chi connectivity index (χ4n) is 1.81. The zero-order valence-electron chi connectivity index (χ0n) is 11.6. The molecule has 1 aromatic carbocycles. The summed E-state index contributed by atoms with van der Waals surface area (Å²) in [5.41, 5.74) is 8.16. The topological polar surface area (TPSA) is 48.1 Å². The molecule has 0 saturated heterocycles. The summed E-state index contributed by atoms with van der Waals surface area (Å²) in [6.45, 7) is 6.28. The van der Waals surface area contributed by atoms with Gasteiger partial charge in [0.2, 0.25) is 5.88 Å². The molecule has 3 heteroatoms. The summed E-state index contributed by atoms with van der Waals surface area (Å²) < 4.78 is 5.74. The first kappa shape index (κ1) is 13.6. The number of hydrogen-bond donors (Lipinski definition) is 1. The third kappa shape index (κ3) is 3.55. The van der Waals surface area contributed by atoms with E-state index in [2.05, 4.69) is 31.0 Å². The molecule has 0 radical (unpaired) electrons. The van der Waals surface area contributed by atoms with Crippen molar-refractivity contribution in [1.29, 1.82) is 0 Å². The van der Waals surface area contributed by atoms with Crippen LogP contribution in [0.15, 0.2) is 42.6 Å². The van der Waals surface area contributed by atoms with Crippen LogP contribution in [0.25, 0.3) is 0 Å². The Morgan fingerprint density at radius 1 is 1.00 bits per heavy atom. The zero-order chi connectivity index (χ0) is 13.8. The summed E-state index contributed by atoms with van der Waals surface area (Å²) in [7, 11) is 0. The second-order valence-corrected chi connectivity index (χ2v) is 5.04. The summed E-state index contributed by atoms with van der Waals surface area (Å²) in [5.74, 6) is 1.89. The van der Waals surface area contributed by atoms with E-state index in [1.54, 1.807) is 6.20 Å². The van der Waals surface area contributed by atoms with E-state index in [4.69, 9.17) is 10.5 Å². The van der Waals surface area contributed by atoms with E-state index in [9.17, 15) is 0 Å². The van der Waals surface area contributed by atoms with E-state index in [1.807, 2.05) is 31.2 Å². The fraction of sp³-hybridized carbons (Fsp3) is 0.312. The van der Waals surface area contributed by atoms with Crippen LogP contribution in [0.4, 0.5) is 0 Å². The van der Waals surface area contributed by atoms with Gasteiger partial charge in [-0.25, -0.2) is 4.98 Å². The van der Waals surface area contributed by atoms with Gasteiger partial charge in [-0.2, -0.15) is 0 Å². The maximum atomic E-state index is 5.85. The van der Waals surface area contributed by atoms with Crippen molar-refractivity contribution < 1.29 is 4.74 Å². The van der Waals surface area contributed by atoms with Gasteiger partial charge >= 0.3 is 0 Å². The Morgan fingerprint density at radius 2 is 1.68 bits per heavy atom. The van der Waals surface area contributed by atoms with E-state index in [-0.39, 0.29) is 6.04 Å². The molecule has 0 amide bonds. The number of nitrogens with zero attached hydrogens (tertiary/aromatic N) is 1. The van der Waals surface area contributed by atoms with Gasteiger partial charge in [-0.1, -0.05) is 26.0 Å².